The molecular formula is C29H31F9O. The Hall–Kier alpha value is -2.39. The van der Waals surface area contributed by atoms with Crippen LogP contribution in [0.25, 0.3) is 0 Å². The summed E-state index contributed by atoms with van der Waals surface area (Å²) in [7, 11) is 0. The molecule has 4 rings (SSSR count). The highest BCUT2D eigenvalue weighted by molar-refractivity contribution is 5.34. The van der Waals surface area contributed by atoms with Crippen molar-refractivity contribution in [2.75, 3.05) is 0 Å². The summed E-state index contributed by atoms with van der Waals surface area (Å²) in [6.07, 6.45) is 0.315. The average Bonchev–Trinajstić information content (AvgIpc) is 2.84. The van der Waals surface area contributed by atoms with Crippen molar-refractivity contribution in [3.63, 3.8) is 0 Å². The minimum atomic E-state index is -5.47. The van der Waals surface area contributed by atoms with Crippen LogP contribution in [0.1, 0.15) is 81.4 Å². The van der Waals surface area contributed by atoms with E-state index in [0.29, 0.717) is 18.8 Å². The van der Waals surface area contributed by atoms with Gasteiger partial charge in [0.25, 0.3) is 0 Å². The number of benzene rings is 2. The molecule has 10 heteroatoms. The SMILES string of the molecule is CC1CCC(C2CCC(CCc3cc(F)c(OC(F)(F)c4cc(F)c(C(F)(F)F)c(F)c4)c(F)c3)CC2)CC1. The molecule has 2 aliphatic carbocycles. The zero-order valence-electron chi connectivity index (χ0n) is 21.5. The van der Waals surface area contributed by atoms with E-state index in [4.69, 9.17) is 0 Å². The third-order valence-electron chi connectivity index (χ3n) is 8.41. The second kappa shape index (κ2) is 11.6. The first-order valence-electron chi connectivity index (χ1n) is 13.4. The molecule has 1 nitrogen and oxygen atoms in total. The van der Waals surface area contributed by atoms with E-state index in [1.54, 1.807) is 0 Å². The summed E-state index contributed by atoms with van der Waals surface area (Å²) in [5.41, 5.74) is -3.77. The van der Waals surface area contributed by atoms with E-state index in [2.05, 4.69) is 11.7 Å². The van der Waals surface area contributed by atoms with Crippen LogP contribution in [-0.4, -0.2) is 0 Å². The molecule has 0 aromatic heterocycles. The molecule has 2 fully saturated rings. The molecule has 39 heavy (non-hydrogen) atoms. The zero-order valence-corrected chi connectivity index (χ0v) is 21.5. The number of ether oxygens (including phenoxy) is 1. The number of hydrogen-bond acceptors (Lipinski definition) is 1. The minimum Gasteiger partial charge on any atom is -0.423 e. The minimum absolute atomic E-state index is 0.246. The molecule has 0 radical (unpaired) electrons. The highest BCUT2D eigenvalue weighted by atomic mass is 19.4. The van der Waals surface area contributed by atoms with E-state index in [0.717, 1.165) is 55.6 Å². The van der Waals surface area contributed by atoms with Gasteiger partial charge in [-0.05, 0) is 92.0 Å². The van der Waals surface area contributed by atoms with E-state index < -0.39 is 52.4 Å². The molecule has 216 valence electrons. The van der Waals surface area contributed by atoms with Crippen LogP contribution in [-0.2, 0) is 18.7 Å². The van der Waals surface area contributed by atoms with Crippen molar-refractivity contribution in [1.82, 2.24) is 0 Å². The van der Waals surface area contributed by atoms with Gasteiger partial charge in [-0.3, -0.25) is 0 Å². The van der Waals surface area contributed by atoms with Crippen molar-refractivity contribution >= 4 is 0 Å². The molecule has 0 N–H and O–H groups in total. The normalized spacial score (nSPS) is 24.6. The molecule has 0 atom stereocenters. The second-order valence-corrected chi connectivity index (χ2v) is 11.2. The predicted octanol–water partition coefficient (Wildman–Crippen LogP) is 9.96. The highest BCUT2D eigenvalue weighted by Crippen LogP contribution is 2.43. The Labute approximate surface area is 221 Å². The van der Waals surface area contributed by atoms with E-state index in [9.17, 15) is 39.5 Å². The Bertz CT molecular complexity index is 1100. The first-order valence-corrected chi connectivity index (χ1v) is 13.4. The Morgan fingerprint density at radius 3 is 1.67 bits per heavy atom. The van der Waals surface area contributed by atoms with Crippen molar-refractivity contribution in [2.45, 2.75) is 83.4 Å². The number of halogens is 9. The van der Waals surface area contributed by atoms with Crippen LogP contribution in [0.3, 0.4) is 0 Å². The molecule has 2 aromatic rings. The summed E-state index contributed by atoms with van der Waals surface area (Å²) >= 11 is 0. The van der Waals surface area contributed by atoms with Crippen LogP contribution >= 0.6 is 0 Å². The summed E-state index contributed by atoms with van der Waals surface area (Å²) in [6, 6.07) is 1.16. The number of alkyl halides is 5. The summed E-state index contributed by atoms with van der Waals surface area (Å²) in [5, 5.41) is 0. The molecule has 0 bridgehead atoms. The molecule has 0 amide bonds. The van der Waals surface area contributed by atoms with Gasteiger partial charge in [-0.15, -0.1) is 0 Å². The average molecular weight is 567 g/mol. The Kier molecular flexibility index (Phi) is 8.81. The topological polar surface area (TPSA) is 9.23 Å². The largest absolute Gasteiger partial charge is 0.427 e. The molecule has 0 aliphatic heterocycles. The van der Waals surface area contributed by atoms with E-state index in [1.807, 2.05) is 0 Å². The lowest BCUT2D eigenvalue weighted by Gasteiger charge is -2.37. The second-order valence-electron chi connectivity index (χ2n) is 11.2. The van der Waals surface area contributed by atoms with E-state index in [-0.39, 0.29) is 17.7 Å². The van der Waals surface area contributed by atoms with Gasteiger partial charge in [-0.2, -0.15) is 22.0 Å². The third-order valence-corrected chi connectivity index (χ3v) is 8.41. The van der Waals surface area contributed by atoms with Gasteiger partial charge in [0, 0.05) is 0 Å². The van der Waals surface area contributed by atoms with Gasteiger partial charge >= 0.3 is 12.3 Å². The quantitative estimate of drug-likeness (QED) is 0.303. The van der Waals surface area contributed by atoms with Gasteiger partial charge in [-0.25, -0.2) is 17.6 Å². The van der Waals surface area contributed by atoms with E-state index in [1.165, 1.54) is 25.7 Å². The number of hydrogen-bond donors (Lipinski definition) is 0. The fourth-order valence-corrected chi connectivity index (χ4v) is 6.13. The fourth-order valence-electron chi connectivity index (χ4n) is 6.13. The maximum atomic E-state index is 14.6. The van der Waals surface area contributed by atoms with Gasteiger partial charge in [0.05, 0.1) is 5.56 Å². The molecule has 0 saturated heterocycles. The first kappa shape index (κ1) is 29.6. The third kappa shape index (κ3) is 7.04. The Balaban J connectivity index is 1.37. The van der Waals surface area contributed by atoms with Crippen LogP contribution < -0.4 is 4.74 Å². The van der Waals surface area contributed by atoms with Crippen LogP contribution in [0.15, 0.2) is 24.3 Å². The van der Waals surface area contributed by atoms with Gasteiger partial charge in [0.15, 0.2) is 17.4 Å². The van der Waals surface area contributed by atoms with Crippen molar-refractivity contribution in [3.05, 3.63) is 64.2 Å². The maximum Gasteiger partial charge on any atom is 0.427 e. The summed E-state index contributed by atoms with van der Waals surface area (Å²) in [4.78, 5) is 0. The van der Waals surface area contributed by atoms with Gasteiger partial charge < -0.3 is 4.74 Å². The molecular weight excluding hydrogens is 535 g/mol. The molecule has 2 aromatic carbocycles. The standard InChI is InChI=1S/C29H31F9O/c1-16-2-8-19(9-3-16)20-10-6-17(7-11-20)4-5-18-12-24(32)27(25(33)13-18)39-29(37,38)21-14-22(30)26(23(31)15-21)28(34,35)36/h12-17,19-20H,2-11H2,1H3. The van der Waals surface area contributed by atoms with Crippen molar-refractivity contribution in [1.29, 1.82) is 0 Å². The summed E-state index contributed by atoms with van der Waals surface area (Å²) in [6.45, 7) is 2.30. The first-order chi connectivity index (χ1) is 18.2. The summed E-state index contributed by atoms with van der Waals surface area (Å²) < 4.78 is 128. The van der Waals surface area contributed by atoms with Crippen molar-refractivity contribution < 1.29 is 44.3 Å². The van der Waals surface area contributed by atoms with Crippen LogP contribution in [0.4, 0.5) is 39.5 Å². The van der Waals surface area contributed by atoms with Gasteiger partial charge in [0.1, 0.15) is 17.2 Å². The molecule has 0 spiro atoms. The summed E-state index contributed by atoms with van der Waals surface area (Å²) in [5.74, 6) is -6.29. The predicted molar refractivity (Wildman–Crippen MR) is 127 cm³/mol. The molecule has 0 heterocycles. The monoisotopic (exact) mass is 566 g/mol. The smallest absolute Gasteiger partial charge is 0.423 e. The molecule has 2 aliphatic rings. The number of rotatable bonds is 7. The highest BCUT2D eigenvalue weighted by Gasteiger charge is 2.43. The lowest BCUT2D eigenvalue weighted by Crippen LogP contribution is -2.25. The van der Waals surface area contributed by atoms with Crippen molar-refractivity contribution in [2.24, 2.45) is 23.7 Å². The van der Waals surface area contributed by atoms with Crippen molar-refractivity contribution in [3.8, 4) is 5.75 Å². The van der Waals surface area contributed by atoms with Gasteiger partial charge in [0.2, 0.25) is 0 Å². The maximum absolute atomic E-state index is 14.6. The lowest BCUT2D eigenvalue weighted by molar-refractivity contribution is -0.189. The lowest BCUT2D eigenvalue weighted by atomic mass is 9.69. The van der Waals surface area contributed by atoms with Crippen LogP contribution in [0.2, 0.25) is 0 Å². The zero-order chi connectivity index (χ0) is 28.5. The molecule has 2 saturated carbocycles. The Morgan fingerprint density at radius 2 is 1.18 bits per heavy atom. The number of aryl methyl sites for hydroxylation is 1. The van der Waals surface area contributed by atoms with Gasteiger partial charge in [-0.1, -0.05) is 32.6 Å². The Morgan fingerprint density at radius 1 is 0.692 bits per heavy atom. The van der Waals surface area contributed by atoms with Crippen LogP contribution in [0, 0.1) is 46.9 Å². The molecule has 0 unspecified atom stereocenters. The van der Waals surface area contributed by atoms with Crippen LogP contribution in [0.5, 0.6) is 5.75 Å². The van der Waals surface area contributed by atoms with E-state index >= 15 is 0 Å². The fraction of sp³-hybridized carbons (Fsp3) is 0.586.